The third-order valence-electron chi connectivity index (χ3n) is 4.86. The van der Waals surface area contributed by atoms with E-state index < -0.39 is 5.01 Å². The third-order valence-corrected chi connectivity index (χ3v) is 5.47. The average Bonchev–Trinajstić information content (AvgIpc) is 2.66. The van der Waals surface area contributed by atoms with Gasteiger partial charge in [0.15, 0.2) is 5.78 Å². The monoisotopic (exact) mass is 402 g/mol. The summed E-state index contributed by atoms with van der Waals surface area (Å²) in [6.45, 7) is 6.26. The molecule has 3 heteroatoms. The number of ketones is 1. The van der Waals surface area contributed by atoms with Crippen molar-refractivity contribution in [3.63, 3.8) is 0 Å². The van der Waals surface area contributed by atoms with Gasteiger partial charge in [0.05, 0.1) is 0 Å². The van der Waals surface area contributed by atoms with Gasteiger partial charge in [-0.2, -0.15) is 0 Å². The van der Waals surface area contributed by atoms with Crippen LogP contribution in [-0.4, -0.2) is 10.8 Å². The standard InChI is InChI=1S/C22H27BrO2/c1-4-6-16-22(3,5-2)20(24)21(23)25-19-14-12-18(13-15-19)17-10-8-7-9-11-17/h7-15,21H,4-6,16H2,1-3H3. The van der Waals surface area contributed by atoms with Crippen molar-refractivity contribution in [3.05, 3.63) is 54.6 Å². The smallest absolute Gasteiger partial charge is 0.211 e. The molecule has 0 saturated heterocycles. The first-order valence-corrected chi connectivity index (χ1v) is 9.92. The van der Waals surface area contributed by atoms with Gasteiger partial charge in [-0.15, -0.1) is 0 Å². The molecule has 2 aromatic rings. The Morgan fingerprint density at radius 1 is 1.04 bits per heavy atom. The molecule has 0 saturated carbocycles. The highest BCUT2D eigenvalue weighted by Crippen LogP contribution is 2.33. The van der Waals surface area contributed by atoms with Crippen LogP contribution in [-0.2, 0) is 4.79 Å². The van der Waals surface area contributed by atoms with Crippen molar-refractivity contribution in [1.29, 1.82) is 0 Å². The zero-order valence-corrected chi connectivity index (χ0v) is 16.9. The van der Waals surface area contributed by atoms with Crippen LogP contribution in [0.1, 0.15) is 46.5 Å². The van der Waals surface area contributed by atoms with E-state index in [1.165, 1.54) is 5.56 Å². The number of halogens is 1. The molecule has 0 heterocycles. The highest BCUT2D eigenvalue weighted by molar-refractivity contribution is 9.09. The maximum absolute atomic E-state index is 12.8. The fourth-order valence-corrected chi connectivity index (χ4v) is 3.61. The average molecular weight is 403 g/mol. The van der Waals surface area contributed by atoms with Crippen molar-refractivity contribution in [3.8, 4) is 16.9 Å². The fraction of sp³-hybridized carbons (Fsp3) is 0.409. The number of Topliss-reactive ketones (excluding diaryl/α,β-unsaturated/α-hetero) is 1. The molecule has 0 fully saturated rings. The van der Waals surface area contributed by atoms with Gasteiger partial charge in [0, 0.05) is 5.41 Å². The molecule has 0 aromatic heterocycles. The van der Waals surface area contributed by atoms with E-state index in [1.54, 1.807) is 0 Å². The van der Waals surface area contributed by atoms with Crippen molar-refractivity contribution < 1.29 is 9.53 Å². The van der Waals surface area contributed by atoms with Gasteiger partial charge in [-0.05, 0) is 52.0 Å². The third kappa shape index (κ3) is 5.18. The first-order valence-electron chi connectivity index (χ1n) is 9.00. The van der Waals surface area contributed by atoms with Crippen LogP contribution in [0.5, 0.6) is 5.75 Å². The van der Waals surface area contributed by atoms with Gasteiger partial charge in [-0.3, -0.25) is 4.79 Å². The number of ether oxygens (including phenoxy) is 1. The van der Waals surface area contributed by atoms with E-state index in [1.807, 2.05) is 49.4 Å². The summed E-state index contributed by atoms with van der Waals surface area (Å²) in [4.78, 5) is 12.8. The molecule has 0 radical (unpaired) electrons. The van der Waals surface area contributed by atoms with Crippen molar-refractivity contribution in [2.24, 2.45) is 5.41 Å². The van der Waals surface area contributed by atoms with Crippen LogP contribution in [0.15, 0.2) is 54.6 Å². The number of hydrogen-bond acceptors (Lipinski definition) is 2. The van der Waals surface area contributed by atoms with Crippen LogP contribution >= 0.6 is 15.9 Å². The Morgan fingerprint density at radius 3 is 2.20 bits per heavy atom. The molecule has 2 aromatic carbocycles. The number of rotatable bonds is 9. The number of alkyl halides is 1. The highest BCUT2D eigenvalue weighted by atomic mass is 79.9. The van der Waals surface area contributed by atoms with Crippen LogP contribution in [0, 0.1) is 5.41 Å². The lowest BCUT2D eigenvalue weighted by atomic mass is 9.78. The van der Waals surface area contributed by atoms with Gasteiger partial charge in [-0.1, -0.05) is 76.1 Å². The van der Waals surface area contributed by atoms with Gasteiger partial charge in [0.25, 0.3) is 0 Å². The van der Waals surface area contributed by atoms with Crippen molar-refractivity contribution in [2.75, 3.05) is 0 Å². The van der Waals surface area contributed by atoms with Crippen LogP contribution in [0.3, 0.4) is 0 Å². The van der Waals surface area contributed by atoms with Crippen molar-refractivity contribution in [2.45, 2.75) is 51.5 Å². The van der Waals surface area contributed by atoms with Crippen molar-refractivity contribution >= 4 is 21.7 Å². The van der Waals surface area contributed by atoms with Crippen LogP contribution in [0.4, 0.5) is 0 Å². The lowest BCUT2D eigenvalue weighted by Crippen LogP contribution is -2.36. The van der Waals surface area contributed by atoms with E-state index in [4.69, 9.17) is 4.74 Å². The second kappa shape index (κ2) is 9.19. The lowest BCUT2D eigenvalue weighted by Gasteiger charge is -2.29. The molecule has 2 rings (SSSR count). The summed E-state index contributed by atoms with van der Waals surface area (Å²) >= 11 is 3.44. The Bertz CT molecular complexity index is 666. The summed E-state index contributed by atoms with van der Waals surface area (Å²) in [5.41, 5.74) is 1.96. The Balaban J connectivity index is 2.04. The summed E-state index contributed by atoms with van der Waals surface area (Å²) in [5, 5.41) is -0.614. The molecular formula is C22H27BrO2. The second-order valence-corrected chi connectivity index (χ2v) is 7.54. The van der Waals surface area contributed by atoms with Gasteiger partial charge in [0.2, 0.25) is 5.01 Å². The Labute approximate surface area is 159 Å². The zero-order valence-electron chi connectivity index (χ0n) is 15.3. The quantitative estimate of drug-likeness (QED) is 0.439. The Hall–Kier alpha value is -1.61. The molecule has 0 bridgehead atoms. The maximum atomic E-state index is 12.8. The van der Waals surface area contributed by atoms with Gasteiger partial charge in [0.1, 0.15) is 5.75 Å². The number of hydrogen-bond donors (Lipinski definition) is 0. The molecule has 2 atom stereocenters. The van der Waals surface area contributed by atoms with E-state index in [-0.39, 0.29) is 11.2 Å². The molecule has 2 nitrogen and oxygen atoms in total. The summed E-state index contributed by atoms with van der Waals surface area (Å²) in [5.74, 6) is 0.819. The van der Waals surface area contributed by atoms with E-state index in [9.17, 15) is 4.79 Å². The van der Waals surface area contributed by atoms with Gasteiger partial charge in [-0.25, -0.2) is 0 Å². The number of benzene rings is 2. The molecule has 0 spiro atoms. The second-order valence-electron chi connectivity index (χ2n) is 6.71. The number of carbonyl (C=O) groups is 1. The lowest BCUT2D eigenvalue weighted by molar-refractivity contribution is -0.131. The predicted molar refractivity (Wildman–Crippen MR) is 108 cm³/mol. The maximum Gasteiger partial charge on any atom is 0.211 e. The first kappa shape index (κ1) is 19.7. The minimum atomic E-state index is -0.614. The topological polar surface area (TPSA) is 26.3 Å². The molecule has 25 heavy (non-hydrogen) atoms. The Kier molecular flexibility index (Phi) is 7.24. The summed E-state index contributed by atoms with van der Waals surface area (Å²) < 4.78 is 5.86. The first-order chi connectivity index (χ1) is 12.0. The van der Waals surface area contributed by atoms with E-state index in [0.717, 1.165) is 31.2 Å². The normalized spacial score (nSPS) is 14.6. The van der Waals surface area contributed by atoms with Crippen molar-refractivity contribution in [1.82, 2.24) is 0 Å². The van der Waals surface area contributed by atoms with E-state index in [2.05, 4.69) is 41.9 Å². The summed E-state index contributed by atoms with van der Waals surface area (Å²) in [6, 6.07) is 18.1. The van der Waals surface area contributed by atoms with Gasteiger partial charge >= 0.3 is 0 Å². The molecule has 134 valence electrons. The number of unbranched alkanes of at least 4 members (excludes halogenated alkanes) is 1. The molecule has 0 amide bonds. The highest BCUT2D eigenvalue weighted by Gasteiger charge is 2.35. The molecule has 0 aliphatic carbocycles. The Morgan fingerprint density at radius 2 is 1.64 bits per heavy atom. The SMILES string of the molecule is CCCCC(C)(CC)C(=O)C(Br)Oc1ccc(-c2ccccc2)cc1. The predicted octanol–water partition coefficient (Wildman–Crippen LogP) is 6.63. The van der Waals surface area contributed by atoms with Crippen LogP contribution in [0.25, 0.3) is 11.1 Å². The molecule has 0 aliphatic rings. The van der Waals surface area contributed by atoms with Crippen LogP contribution in [0.2, 0.25) is 0 Å². The van der Waals surface area contributed by atoms with E-state index >= 15 is 0 Å². The molecule has 2 unspecified atom stereocenters. The fourth-order valence-electron chi connectivity index (χ4n) is 2.84. The number of carbonyl (C=O) groups excluding carboxylic acids is 1. The summed E-state index contributed by atoms with van der Waals surface area (Å²) in [7, 11) is 0. The molecule has 0 N–H and O–H groups in total. The zero-order chi connectivity index (χ0) is 18.3. The largest absolute Gasteiger partial charge is 0.471 e. The minimum Gasteiger partial charge on any atom is -0.471 e. The van der Waals surface area contributed by atoms with E-state index in [0.29, 0.717) is 5.75 Å². The minimum absolute atomic E-state index is 0.121. The summed E-state index contributed by atoms with van der Waals surface area (Å²) in [6.07, 6.45) is 3.88. The van der Waals surface area contributed by atoms with Gasteiger partial charge < -0.3 is 4.74 Å². The molecule has 0 aliphatic heterocycles. The van der Waals surface area contributed by atoms with Crippen LogP contribution < -0.4 is 4.74 Å². The molecular weight excluding hydrogens is 376 g/mol.